The Morgan fingerprint density at radius 2 is 2.31 bits per heavy atom. The molecule has 0 spiro atoms. The van der Waals surface area contributed by atoms with Crippen LogP contribution >= 0.6 is 0 Å². The summed E-state index contributed by atoms with van der Waals surface area (Å²) in [5.41, 5.74) is -0.565. The normalized spacial score (nSPS) is 35.8. The zero-order chi connectivity index (χ0) is 9.64. The minimum Gasteiger partial charge on any atom is -0.481 e. The summed E-state index contributed by atoms with van der Waals surface area (Å²) in [6.45, 7) is 2.89. The molecule has 2 unspecified atom stereocenters. The fourth-order valence-corrected chi connectivity index (χ4v) is 2.23. The number of piperidine rings is 1. The number of rotatable bonds is 2. The summed E-state index contributed by atoms with van der Waals surface area (Å²) < 4.78 is 0. The SMILES string of the molecule is CCC(=O)N1CC2CC2(C(=O)O)C1. The molecule has 0 aromatic carbocycles. The number of hydrogen-bond acceptors (Lipinski definition) is 2. The van der Waals surface area contributed by atoms with Crippen molar-refractivity contribution in [1.82, 2.24) is 4.90 Å². The molecular formula is C9H13NO3. The van der Waals surface area contributed by atoms with E-state index < -0.39 is 11.4 Å². The van der Waals surface area contributed by atoms with Crippen LogP contribution in [0.15, 0.2) is 0 Å². The standard InChI is InChI=1S/C9H13NO3/c1-2-7(11)10-4-6-3-9(6,5-10)8(12)13/h6H,2-5H2,1H3,(H,12,13). The van der Waals surface area contributed by atoms with Gasteiger partial charge in [-0.1, -0.05) is 6.92 Å². The summed E-state index contributed by atoms with van der Waals surface area (Å²) in [5, 5.41) is 8.95. The number of carboxylic acid groups (broad SMARTS) is 1. The predicted octanol–water partition coefficient (Wildman–Crippen LogP) is 0.329. The molecule has 0 aromatic rings. The second-order valence-corrected chi connectivity index (χ2v) is 3.99. The molecule has 72 valence electrons. The van der Waals surface area contributed by atoms with Gasteiger partial charge in [-0.2, -0.15) is 0 Å². The van der Waals surface area contributed by atoms with Crippen LogP contribution in [0.25, 0.3) is 0 Å². The van der Waals surface area contributed by atoms with E-state index >= 15 is 0 Å². The Bertz CT molecular complexity index is 276. The highest BCUT2D eigenvalue weighted by molar-refractivity contribution is 5.83. The number of carbonyl (C=O) groups excluding carboxylic acids is 1. The first kappa shape index (κ1) is 8.53. The van der Waals surface area contributed by atoms with Gasteiger partial charge in [-0.15, -0.1) is 0 Å². The van der Waals surface area contributed by atoms with E-state index in [4.69, 9.17) is 5.11 Å². The number of carbonyl (C=O) groups is 2. The Morgan fingerprint density at radius 1 is 1.62 bits per heavy atom. The molecule has 2 fully saturated rings. The van der Waals surface area contributed by atoms with E-state index in [0.717, 1.165) is 6.42 Å². The van der Waals surface area contributed by atoms with E-state index in [1.165, 1.54) is 0 Å². The Balaban J connectivity index is 2.04. The third kappa shape index (κ3) is 1.04. The lowest BCUT2D eigenvalue weighted by Gasteiger charge is -2.18. The number of nitrogens with zero attached hydrogens (tertiary/aromatic N) is 1. The van der Waals surface area contributed by atoms with E-state index in [2.05, 4.69) is 0 Å². The summed E-state index contributed by atoms with van der Waals surface area (Å²) in [4.78, 5) is 23.8. The van der Waals surface area contributed by atoms with Gasteiger partial charge in [0.15, 0.2) is 0 Å². The fourth-order valence-electron chi connectivity index (χ4n) is 2.23. The van der Waals surface area contributed by atoms with E-state index in [1.54, 1.807) is 11.8 Å². The van der Waals surface area contributed by atoms with Crippen molar-refractivity contribution in [2.24, 2.45) is 11.3 Å². The molecule has 4 nitrogen and oxygen atoms in total. The molecule has 0 bridgehead atoms. The smallest absolute Gasteiger partial charge is 0.311 e. The molecule has 1 aliphatic heterocycles. The van der Waals surface area contributed by atoms with Gasteiger partial charge in [0.1, 0.15) is 0 Å². The van der Waals surface area contributed by atoms with Gasteiger partial charge in [0.05, 0.1) is 5.41 Å². The molecule has 1 aliphatic carbocycles. The van der Waals surface area contributed by atoms with E-state index in [0.29, 0.717) is 19.5 Å². The maximum Gasteiger partial charge on any atom is 0.311 e. The third-order valence-electron chi connectivity index (χ3n) is 3.23. The van der Waals surface area contributed by atoms with E-state index in [9.17, 15) is 9.59 Å². The van der Waals surface area contributed by atoms with Crippen molar-refractivity contribution in [2.75, 3.05) is 13.1 Å². The average molecular weight is 183 g/mol. The first-order valence-corrected chi connectivity index (χ1v) is 4.61. The molecular weight excluding hydrogens is 170 g/mol. The zero-order valence-corrected chi connectivity index (χ0v) is 7.62. The van der Waals surface area contributed by atoms with Crippen molar-refractivity contribution < 1.29 is 14.7 Å². The predicted molar refractivity (Wildman–Crippen MR) is 45.0 cm³/mol. The van der Waals surface area contributed by atoms with Crippen LogP contribution in [0, 0.1) is 11.3 Å². The summed E-state index contributed by atoms with van der Waals surface area (Å²) in [6, 6.07) is 0. The van der Waals surface area contributed by atoms with Gasteiger partial charge in [0.25, 0.3) is 0 Å². The average Bonchev–Trinajstić information content (AvgIpc) is 2.69. The molecule has 13 heavy (non-hydrogen) atoms. The first-order chi connectivity index (χ1) is 6.10. The Hall–Kier alpha value is -1.06. The van der Waals surface area contributed by atoms with E-state index in [-0.39, 0.29) is 11.8 Å². The monoisotopic (exact) mass is 183 g/mol. The van der Waals surface area contributed by atoms with Crippen molar-refractivity contribution in [2.45, 2.75) is 19.8 Å². The van der Waals surface area contributed by atoms with Crippen molar-refractivity contribution >= 4 is 11.9 Å². The van der Waals surface area contributed by atoms with Gasteiger partial charge in [0, 0.05) is 19.5 Å². The van der Waals surface area contributed by atoms with Crippen molar-refractivity contribution in [3.63, 3.8) is 0 Å². The first-order valence-electron chi connectivity index (χ1n) is 4.61. The minimum absolute atomic E-state index is 0.0767. The van der Waals surface area contributed by atoms with Gasteiger partial charge in [-0.3, -0.25) is 9.59 Å². The van der Waals surface area contributed by atoms with E-state index in [1.807, 2.05) is 0 Å². The Kier molecular flexibility index (Phi) is 1.62. The van der Waals surface area contributed by atoms with Crippen molar-refractivity contribution in [3.8, 4) is 0 Å². The number of carboxylic acids is 1. The van der Waals surface area contributed by atoms with Crippen molar-refractivity contribution in [1.29, 1.82) is 0 Å². The number of fused-ring (bicyclic) bond motifs is 1. The number of aliphatic carboxylic acids is 1. The lowest BCUT2D eigenvalue weighted by atomic mass is 10.1. The molecule has 1 saturated carbocycles. The third-order valence-corrected chi connectivity index (χ3v) is 3.23. The van der Waals surface area contributed by atoms with Gasteiger partial charge >= 0.3 is 5.97 Å². The van der Waals surface area contributed by atoms with Crippen LogP contribution in [0.4, 0.5) is 0 Å². The zero-order valence-electron chi connectivity index (χ0n) is 7.62. The number of hydrogen-bond donors (Lipinski definition) is 1. The Labute approximate surface area is 76.5 Å². The Morgan fingerprint density at radius 3 is 2.77 bits per heavy atom. The van der Waals surface area contributed by atoms with Gasteiger partial charge < -0.3 is 10.0 Å². The van der Waals surface area contributed by atoms with Crippen LogP contribution in [0.2, 0.25) is 0 Å². The highest BCUT2D eigenvalue weighted by atomic mass is 16.4. The molecule has 4 heteroatoms. The fraction of sp³-hybridized carbons (Fsp3) is 0.778. The maximum absolute atomic E-state index is 11.3. The molecule has 1 amide bonds. The number of likely N-dealkylation sites (tertiary alicyclic amines) is 1. The molecule has 0 aromatic heterocycles. The largest absolute Gasteiger partial charge is 0.481 e. The van der Waals surface area contributed by atoms with Crippen LogP contribution < -0.4 is 0 Å². The quantitative estimate of drug-likeness (QED) is 0.671. The minimum atomic E-state index is -0.732. The lowest BCUT2D eigenvalue weighted by Crippen LogP contribution is -2.33. The maximum atomic E-state index is 11.3. The molecule has 1 saturated heterocycles. The lowest BCUT2D eigenvalue weighted by molar-refractivity contribution is -0.144. The van der Waals surface area contributed by atoms with Crippen LogP contribution in [-0.4, -0.2) is 35.0 Å². The highest BCUT2D eigenvalue weighted by Crippen LogP contribution is 2.57. The summed E-state index contributed by atoms with van der Waals surface area (Å²) in [5.74, 6) is -0.433. The van der Waals surface area contributed by atoms with Crippen LogP contribution in [0.1, 0.15) is 19.8 Å². The van der Waals surface area contributed by atoms with Gasteiger partial charge in [-0.25, -0.2) is 0 Å². The van der Waals surface area contributed by atoms with Crippen LogP contribution in [-0.2, 0) is 9.59 Å². The molecule has 2 aliphatic rings. The van der Waals surface area contributed by atoms with Gasteiger partial charge in [0.2, 0.25) is 5.91 Å². The topological polar surface area (TPSA) is 57.6 Å². The van der Waals surface area contributed by atoms with Gasteiger partial charge in [-0.05, 0) is 12.3 Å². The number of amides is 1. The summed E-state index contributed by atoms with van der Waals surface area (Å²) in [6.07, 6.45) is 1.23. The summed E-state index contributed by atoms with van der Waals surface area (Å²) >= 11 is 0. The molecule has 2 rings (SSSR count). The van der Waals surface area contributed by atoms with Crippen LogP contribution in [0.5, 0.6) is 0 Å². The van der Waals surface area contributed by atoms with Crippen LogP contribution in [0.3, 0.4) is 0 Å². The molecule has 1 heterocycles. The molecule has 1 N–H and O–H groups in total. The molecule has 0 radical (unpaired) electrons. The highest BCUT2D eigenvalue weighted by Gasteiger charge is 2.65. The second-order valence-electron chi connectivity index (χ2n) is 3.99. The summed E-state index contributed by atoms with van der Waals surface area (Å²) in [7, 11) is 0. The molecule has 2 atom stereocenters. The second kappa shape index (κ2) is 2.47. The van der Waals surface area contributed by atoms with Crippen molar-refractivity contribution in [3.05, 3.63) is 0 Å².